The predicted molar refractivity (Wildman–Crippen MR) is 92.9 cm³/mol. The van der Waals surface area contributed by atoms with Crippen molar-refractivity contribution in [2.24, 2.45) is 0 Å². The number of hydrogen-bond donors (Lipinski definition) is 2. The van der Waals surface area contributed by atoms with E-state index in [4.69, 9.17) is 19.9 Å². The highest BCUT2D eigenvalue weighted by Gasteiger charge is 2.16. The number of anilines is 3. The van der Waals surface area contributed by atoms with Crippen molar-refractivity contribution in [1.29, 1.82) is 0 Å². The predicted octanol–water partition coefficient (Wildman–Crippen LogP) is 2.01. The first kappa shape index (κ1) is 16.4. The summed E-state index contributed by atoms with van der Waals surface area (Å²) in [4.78, 5) is 8.22. The van der Waals surface area contributed by atoms with Gasteiger partial charge in [-0.05, 0) is 12.1 Å². The van der Waals surface area contributed by atoms with Crippen LogP contribution in [0.5, 0.6) is 17.2 Å². The van der Waals surface area contributed by atoms with Gasteiger partial charge in [-0.2, -0.15) is 9.67 Å². The summed E-state index contributed by atoms with van der Waals surface area (Å²) >= 11 is 0. The molecule has 2 heterocycles. The molecule has 9 heteroatoms. The highest BCUT2D eigenvalue weighted by atomic mass is 16.5. The van der Waals surface area contributed by atoms with Crippen molar-refractivity contribution in [3.05, 3.63) is 36.7 Å². The molecule has 0 bridgehead atoms. The van der Waals surface area contributed by atoms with Crippen LogP contribution in [-0.2, 0) is 0 Å². The third kappa shape index (κ3) is 3.25. The maximum absolute atomic E-state index is 5.76. The van der Waals surface area contributed by atoms with Crippen LogP contribution < -0.4 is 25.3 Å². The molecule has 0 aliphatic heterocycles. The van der Waals surface area contributed by atoms with Gasteiger partial charge in [0.25, 0.3) is 0 Å². The Morgan fingerprint density at radius 3 is 2.20 bits per heavy atom. The first-order valence-corrected chi connectivity index (χ1v) is 7.36. The molecule has 0 fully saturated rings. The van der Waals surface area contributed by atoms with Crippen molar-refractivity contribution >= 4 is 17.6 Å². The molecule has 9 nitrogen and oxygen atoms in total. The second-order valence-corrected chi connectivity index (χ2v) is 4.95. The number of methoxy groups -OCH3 is 3. The maximum atomic E-state index is 5.76. The van der Waals surface area contributed by atoms with Gasteiger partial charge >= 0.3 is 0 Å². The van der Waals surface area contributed by atoms with E-state index in [0.717, 1.165) is 5.69 Å². The zero-order valence-electron chi connectivity index (χ0n) is 14.1. The van der Waals surface area contributed by atoms with Crippen LogP contribution in [0.2, 0.25) is 0 Å². The molecule has 0 aliphatic carbocycles. The van der Waals surface area contributed by atoms with Gasteiger partial charge in [0.1, 0.15) is 0 Å². The molecule has 130 valence electrons. The fourth-order valence-corrected chi connectivity index (χ4v) is 2.36. The highest BCUT2D eigenvalue weighted by Crippen LogP contribution is 2.40. The highest BCUT2D eigenvalue weighted by molar-refractivity contribution is 5.66. The van der Waals surface area contributed by atoms with Crippen molar-refractivity contribution in [2.75, 3.05) is 32.4 Å². The number of ether oxygens (including phenoxy) is 3. The van der Waals surface area contributed by atoms with Gasteiger partial charge in [0.15, 0.2) is 11.5 Å². The molecule has 3 N–H and O–H groups in total. The molecule has 0 saturated carbocycles. The Hall–Kier alpha value is -3.49. The second-order valence-electron chi connectivity index (χ2n) is 4.95. The van der Waals surface area contributed by atoms with Gasteiger partial charge in [0, 0.05) is 30.2 Å². The number of nitrogens with zero attached hydrogens (tertiary/aromatic N) is 4. The zero-order valence-corrected chi connectivity index (χ0v) is 14.1. The van der Waals surface area contributed by atoms with E-state index in [1.165, 1.54) is 0 Å². The summed E-state index contributed by atoms with van der Waals surface area (Å²) in [6.07, 6.45) is 3.33. The van der Waals surface area contributed by atoms with Gasteiger partial charge in [-0.15, -0.1) is 5.10 Å². The Morgan fingerprint density at radius 1 is 1.00 bits per heavy atom. The lowest BCUT2D eigenvalue weighted by molar-refractivity contribution is 0.324. The van der Waals surface area contributed by atoms with Crippen molar-refractivity contribution in [2.45, 2.75) is 0 Å². The molecule has 0 atom stereocenters. The minimum Gasteiger partial charge on any atom is -0.493 e. The fraction of sp³-hybridized carbons (Fsp3) is 0.188. The maximum Gasteiger partial charge on any atom is 0.241 e. The molecule has 0 unspecified atom stereocenters. The lowest BCUT2D eigenvalue weighted by Crippen LogP contribution is -2.04. The standard InChI is InChI=1S/C16H18N6O3/c1-23-12-8-10(9-13(24-2)14(12)25-3)19-16-20-15(17)21-22(16)11-4-6-18-7-5-11/h4-9H,1-3H3,(H3,17,19,20,21). The van der Waals surface area contributed by atoms with Crippen LogP contribution in [0.15, 0.2) is 36.7 Å². The summed E-state index contributed by atoms with van der Waals surface area (Å²) in [5, 5.41) is 7.37. The van der Waals surface area contributed by atoms with E-state index < -0.39 is 0 Å². The number of nitrogen functional groups attached to an aromatic ring is 1. The average Bonchev–Trinajstić information content (AvgIpc) is 3.01. The minimum atomic E-state index is 0.145. The van der Waals surface area contributed by atoms with Crippen LogP contribution in [0.3, 0.4) is 0 Å². The summed E-state index contributed by atoms with van der Waals surface area (Å²) in [6.45, 7) is 0. The normalized spacial score (nSPS) is 10.4. The first-order chi connectivity index (χ1) is 12.2. The number of nitrogens with two attached hydrogens (primary N) is 1. The number of hydrogen-bond acceptors (Lipinski definition) is 8. The van der Waals surface area contributed by atoms with E-state index in [2.05, 4.69) is 20.4 Å². The number of aromatic nitrogens is 4. The zero-order chi connectivity index (χ0) is 17.8. The molecule has 2 aromatic heterocycles. The third-order valence-electron chi connectivity index (χ3n) is 3.45. The first-order valence-electron chi connectivity index (χ1n) is 7.36. The van der Waals surface area contributed by atoms with Gasteiger partial charge in [0.05, 0.1) is 27.0 Å². The van der Waals surface area contributed by atoms with E-state index in [1.54, 1.807) is 62.7 Å². The van der Waals surface area contributed by atoms with Crippen LogP contribution in [0.4, 0.5) is 17.6 Å². The van der Waals surface area contributed by atoms with Crippen LogP contribution in [0.25, 0.3) is 5.69 Å². The topological polar surface area (TPSA) is 109 Å². The van der Waals surface area contributed by atoms with Gasteiger partial charge in [-0.3, -0.25) is 4.98 Å². The van der Waals surface area contributed by atoms with Gasteiger partial charge in [-0.1, -0.05) is 0 Å². The lowest BCUT2D eigenvalue weighted by Gasteiger charge is -2.15. The van der Waals surface area contributed by atoms with Crippen molar-refractivity contribution in [3.8, 4) is 22.9 Å². The van der Waals surface area contributed by atoms with Gasteiger partial charge < -0.3 is 25.3 Å². The monoisotopic (exact) mass is 342 g/mol. The van der Waals surface area contributed by atoms with Crippen molar-refractivity contribution < 1.29 is 14.2 Å². The lowest BCUT2D eigenvalue weighted by atomic mass is 10.2. The Kier molecular flexibility index (Phi) is 4.55. The number of benzene rings is 1. The molecular weight excluding hydrogens is 324 g/mol. The van der Waals surface area contributed by atoms with Crippen LogP contribution in [0, 0.1) is 0 Å². The van der Waals surface area contributed by atoms with Crippen LogP contribution in [-0.4, -0.2) is 41.1 Å². The summed E-state index contributed by atoms with van der Waals surface area (Å²) in [5.74, 6) is 2.13. The molecule has 0 radical (unpaired) electrons. The fourth-order valence-electron chi connectivity index (χ4n) is 2.36. The van der Waals surface area contributed by atoms with Gasteiger partial charge in [-0.25, -0.2) is 0 Å². The van der Waals surface area contributed by atoms with E-state index in [0.29, 0.717) is 28.9 Å². The summed E-state index contributed by atoms with van der Waals surface area (Å²) in [6, 6.07) is 7.13. The average molecular weight is 342 g/mol. The quantitative estimate of drug-likeness (QED) is 0.700. The van der Waals surface area contributed by atoms with Crippen molar-refractivity contribution in [1.82, 2.24) is 19.7 Å². The smallest absolute Gasteiger partial charge is 0.241 e. The molecule has 0 saturated heterocycles. The molecule has 3 aromatic rings. The third-order valence-corrected chi connectivity index (χ3v) is 3.45. The Bertz CT molecular complexity index is 841. The SMILES string of the molecule is COc1cc(Nc2nc(N)nn2-c2ccncc2)cc(OC)c1OC. The number of nitrogens with one attached hydrogen (secondary N) is 1. The molecule has 1 aromatic carbocycles. The van der Waals surface area contributed by atoms with Gasteiger partial charge in [0.2, 0.25) is 17.6 Å². The summed E-state index contributed by atoms with van der Waals surface area (Å²) < 4.78 is 17.6. The minimum absolute atomic E-state index is 0.145. The Morgan fingerprint density at radius 2 is 1.64 bits per heavy atom. The molecule has 0 amide bonds. The molecule has 3 rings (SSSR count). The van der Waals surface area contributed by atoms with E-state index in [1.807, 2.05) is 0 Å². The second kappa shape index (κ2) is 6.95. The van der Waals surface area contributed by atoms with Crippen molar-refractivity contribution in [3.63, 3.8) is 0 Å². The largest absolute Gasteiger partial charge is 0.493 e. The van der Waals surface area contributed by atoms with E-state index in [9.17, 15) is 0 Å². The summed E-state index contributed by atoms with van der Waals surface area (Å²) in [5.41, 5.74) is 7.21. The van der Waals surface area contributed by atoms with E-state index in [-0.39, 0.29) is 5.95 Å². The van der Waals surface area contributed by atoms with Crippen LogP contribution >= 0.6 is 0 Å². The van der Waals surface area contributed by atoms with E-state index >= 15 is 0 Å². The molecule has 0 aliphatic rings. The molecule has 25 heavy (non-hydrogen) atoms. The number of pyridine rings is 1. The molecule has 0 spiro atoms. The van der Waals surface area contributed by atoms with Crippen LogP contribution in [0.1, 0.15) is 0 Å². The number of rotatable bonds is 6. The Labute approximate surface area is 144 Å². The summed E-state index contributed by atoms with van der Waals surface area (Å²) in [7, 11) is 4.66. The Balaban J connectivity index is 2.01. The molecular formula is C16H18N6O3.